The van der Waals surface area contributed by atoms with E-state index in [-0.39, 0.29) is 11.4 Å². The molecule has 1 aromatic heterocycles. The number of carbonyl (C=O) groups is 1. The van der Waals surface area contributed by atoms with Crippen LogP contribution in [0.15, 0.2) is 18.3 Å². The summed E-state index contributed by atoms with van der Waals surface area (Å²) in [5.74, 6) is -0.460. The van der Waals surface area contributed by atoms with E-state index in [1.165, 1.54) is 19.4 Å². The third-order valence-corrected chi connectivity index (χ3v) is 1.30. The zero-order valence-electron chi connectivity index (χ0n) is 6.44. The van der Waals surface area contributed by atoms with Gasteiger partial charge in [-0.2, -0.15) is 0 Å². The van der Waals surface area contributed by atoms with Crippen molar-refractivity contribution < 1.29 is 9.53 Å². The summed E-state index contributed by atoms with van der Waals surface area (Å²) in [6.07, 6.45) is 1.46. The number of hydrogen-bond donors (Lipinski definition) is 0. The number of aromatic nitrogens is 1. The fraction of sp³-hybridized carbons (Fsp3) is 0.125. The van der Waals surface area contributed by atoms with Gasteiger partial charge in [0.05, 0.1) is 12.7 Å². The normalized spacial score (nSPS) is 8.67. The van der Waals surface area contributed by atoms with E-state index in [0.717, 1.165) is 0 Å². The minimum absolute atomic E-state index is 0.0735. The number of hydrogen-bond acceptors (Lipinski definition) is 3. The molecule has 0 aliphatic carbocycles. The molecule has 1 aromatic rings. The van der Waals surface area contributed by atoms with Crippen molar-refractivity contribution in [3.05, 3.63) is 35.3 Å². The molecule has 1 heterocycles. The summed E-state index contributed by atoms with van der Waals surface area (Å²) in [7, 11) is 1.27. The molecule has 0 N–H and O–H groups in total. The van der Waals surface area contributed by atoms with Gasteiger partial charge in [-0.15, -0.1) is 4.98 Å². The molecule has 60 valence electrons. The first-order valence-corrected chi connectivity index (χ1v) is 3.20. The van der Waals surface area contributed by atoms with Crippen molar-refractivity contribution in [2.24, 2.45) is 0 Å². The van der Waals surface area contributed by atoms with Crippen molar-refractivity contribution in [1.82, 2.24) is 4.98 Å². The summed E-state index contributed by atoms with van der Waals surface area (Å²) >= 11 is 0. The Hall–Kier alpha value is -1.89. The van der Waals surface area contributed by atoms with Gasteiger partial charge in [0.1, 0.15) is 6.20 Å². The Bertz CT molecular complexity index is 341. The predicted molar refractivity (Wildman–Crippen MR) is 41.8 cm³/mol. The van der Waals surface area contributed by atoms with Crippen LogP contribution in [0.5, 0.6) is 0 Å². The van der Waals surface area contributed by atoms with Crippen LogP contribution in [-0.4, -0.2) is 18.1 Å². The molecular weight excluding hydrogens is 156 g/mol. The van der Waals surface area contributed by atoms with Crippen molar-refractivity contribution in [2.75, 3.05) is 7.11 Å². The van der Waals surface area contributed by atoms with Gasteiger partial charge < -0.3 is 9.58 Å². The quantitative estimate of drug-likeness (QED) is 0.463. The maximum absolute atomic E-state index is 11.0. The summed E-state index contributed by atoms with van der Waals surface area (Å²) in [5, 5.41) is 0. The maximum atomic E-state index is 11.0. The number of nitrogens with zero attached hydrogens (tertiary/aromatic N) is 2. The van der Waals surface area contributed by atoms with Crippen LogP contribution in [-0.2, 0) is 4.74 Å². The summed E-state index contributed by atoms with van der Waals surface area (Å²) < 4.78 is 4.46. The molecule has 4 heteroatoms. The van der Waals surface area contributed by atoms with Gasteiger partial charge >= 0.3 is 5.97 Å². The summed E-state index contributed by atoms with van der Waals surface area (Å²) in [4.78, 5) is 17.8. The smallest absolute Gasteiger partial charge is 0.328 e. The van der Waals surface area contributed by atoms with Crippen LogP contribution < -0.4 is 0 Å². The molecule has 0 saturated carbocycles. The highest BCUT2D eigenvalue weighted by atomic mass is 16.5. The summed E-state index contributed by atoms with van der Waals surface area (Å²) in [6.45, 7) is 6.71. The fourth-order valence-corrected chi connectivity index (χ4v) is 0.755. The Morgan fingerprint density at radius 1 is 1.75 bits per heavy atom. The van der Waals surface area contributed by atoms with Crippen molar-refractivity contribution in [2.45, 2.75) is 0 Å². The van der Waals surface area contributed by atoms with E-state index in [1.807, 2.05) is 0 Å². The number of carbonyl (C=O) groups excluding carboxylic acids is 1. The van der Waals surface area contributed by atoms with Crippen LogP contribution in [0.4, 0.5) is 5.82 Å². The lowest BCUT2D eigenvalue weighted by atomic mass is 10.2. The average Bonchev–Trinajstić information content (AvgIpc) is 2.16. The minimum atomic E-state index is -0.533. The van der Waals surface area contributed by atoms with Crippen molar-refractivity contribution in [3.8, 4) is 0 Å². The highest BCUT2D eigenvalue weighted by Gasteiger charge is 2.11. The standard InChI is InChI=1S/C8H6N2O2/c1-9-7-6(8(11)12-2)4-3-5-10-7/h3-5H,2H3. The Kier molecular flexibility index (Phi) is 2.38. The van der Waals surface area contributed by atoms with Crippen molar-refractivity contribution in [3.63, 3.8) is 0 Å². The molecule has 0 saturated heterocycles. The van der Waals surface area contributed by atoms with Crippen molar-refractivity contribution in [1.29, 1.82) is 0 Å². The lowest BCUT2D eigenvalue weighted by molar-refractivity contribution is 0.0601. The van der Waals surface area contributed by atoms with E-state index in [9.17, 15) is 4.79 Å². The van der Waals surface area contributed by atoms with Crippen LogP contribution >= 0.6 is 0 Å². The molecule has 0 fully saturated rings. The first kappa shape index (κ1) is 8.21. The first-order chi connectivity index (χ1) is 5.79. The second kappa shape index (κ2) is 3.49. The topological polar surface area (TPSA) is 43.5 Å². The Morgan fingerprint density at radius 2 is 2.50 bits per heavy atom. The molecule has 0 aliphatic rings. The van der Waals surface area contributed by atoms with E-state index in [1.54, 1.807) is 6.07 Å². The lowest BCUT2D eigenvalue weighted by Crippen LogP contribution is -2.01. The molecule has 0 spiro atoms. The van der Waals surface area contributed by atoms with Gasteiger partial charge in [-0.05, 0) is 6.07 Å². The molecule has 0 unspecified atom stereocenters. The molecule has 1 rings (SSSR count). The third-order valence-electron chi connectivity index (χ3n) is 1.30. The number of ether oxygens (including phenoxy) is 1. The van der Waals surface area contributed by atoms with Crippen LogP contribution in [0.2, 0.25) is 0 Å². The Morgan fingerprint density at radius 3 is 3.08 bits per heavy atom. The molecule has 0 bridgehead atoms. The lowest BCUT2D eigenvalue weighted by Gasteiger charge is -1.98. The number of pyridine rings is 1. The van der Waals surface area contributed by atoms with Gasteiger partial charge in [0.15, 0.2) is 0 Å². The highest BCUT2D eigenvalue weighted by Crippen LogP contribution is 2.15. The second-order valence-corrected chi connectivity index (χ2v) is 1.98. The summed E-state index contributed by atoms with van der Waals surface area (Å²) in [5.41, 5.74) is 0.204. The van der Waals surface area contributed by atoms with Gasteiger partial charge in [-0.3, -0.25) is 0 Å². The first-order valence-electron chi connectivity index (χ1n) is 3.20. The number of esters is 1. The second-order valence-electron chi connectivity index (χ2n) is 1.98. The molecule has 0 amide bonds. The van der Waals surface area contributed by atoms with Crippen molar-refractivity contribution >= 4 is 11.8 Å². The van der Waals surface area contributed by atoms with E-state index in [0.29, 0.717) is 0 Å². The largest absolute Gasteiger partial charge is 0.466 e. The SMILES string of the molecule is [C-]#[N+]c1ncccc1C(=O)OC. The predicted octanol–water partition coefficient (Wildman–Crippen LogP) is 1.42. The zero-order valence-corrected chi connectivity index (χ0v) is 6.44. The average molecular weight is 162 g/mol. The maximum Gasteiger partial charge on any atom is 0.328 e. The van der Waals surface area contributed by atoms with Crippen LogP contribution in [0.1, 0.15) is 10.4 Å². The molecular formula is C8H6N2O2. The monoisotopic (exact) mass is 162 g/mol. The fourth-order valence-electron chi connectivity index (χ4n) is 0.755. The number of methoxy groups -OCH3 is 1. The molecule has 0 aliphatic heterocycles. The van der Waals surface area contributed by atoms with Gasteiger partial charge in [0.2, 0.25) is 0 Å². The minimum Gasteiger partial charge on any atom is -0.466 e. The van der Waals surface area contributed by atoms with E-state index in [2.05, 4.69) is 14.6 Å². The zero-order chi connectivity index (χ0) is 8.97. The van der Waals surface area contributed by atoms with Gasteiger partial charge in [0.25, 0.3) is 5.82 Å². The van der Waals surface area contributed by atoms with Gasteiger partial charge in [0, 0.05) is 0 Å². The molecule has 4 nitrogen and oxygen atoms in total. The van der Waals surface area contributed by atoms with Crippen LogP contribution in [0, 0.1) is 6.57 Å². The Labute approximate surface area is 69.6 Å². The highest BCUT2D eigenvalue weighted by molar-refractivity contribution is 5.94. The molecule has 0 atom stereocenters. The van der Waals surface area contributed by atoms with E-state index in [4.69, 9.17) is 6.57 Å². The van der Waals surface area contributed by atoms with Gasteiger partial charge in [-0.1, -0.05) is 12.6 Å². The van der Waals surface area contributed by atoms with Gasteiger partial charge in [-0.25, -0.2) is 4.79 Å². The summed E-state index contributed by atoms with van der Waals surface area (Å²) in [6, 6.07) is 3.09. The third kappa shape index (κ3) is 1.40. The van der Waals surface area contributed by atoms with Crippen LogP contribution in [0.3, 0.4) is 0 Å². The van der Waals surface area contributed by atoms with E-state index < -0.39 is 5.97 Å². The van der Waals surface area contributed by atoms with Crippen LogP contribution in [0.25, 0.3) is 4.85 Å². The molecule has 0 aromatic carbocycles. The Balaban J connectivity index is 3.16. The molecule has 0 radical (unpaired) electrons. The molecule has 12 heavy (non-hydrogen) atoms. The van der Waals surface area contributed by atoms with E-state index >= 15 is 0 Å². The number of rotatable bonds is 1.